The molecule has 0 saturated heterocycles. The standard InChI is InChI=1S/C54H71ClN2O15.2ClH/c1-56(20-17-35-28-46(66-9)52(69-12)53(70-13)48(35)39(56)24-33-25-42(62-5)50(67-10)43(26-33)63-6)18-14-23-72-54(59)38(55)32-47(58)71-22-15-19-57(2)21-16-34-27-40(60-3)41(61-4)31-37(34)49(57)36-29-44(64-7)51(68-11)45(30-36)65-8;;/h25-32,39,49H,14-24H2,1-13H3;2*1H/q+2;;/p-2/b38-32-;;/t39-,49-,56-,57-;;/m1../s1. The maximum atomic E-state index is 13.2. The molecule has 0 unspecified atom stereocenters. The van der Waals surface area contributed by atoms with Gasteiger partial charge >= 0.3 is 11.9 Å². The minimum Gasteiger partial charge on any atom is -1.00 e. The molecule has 2 heterocycles. The van der Waals surface area contributed by atoms with Gasteiger partial charge in [0.1, 0.15) is 17.1 Å². The summed E-state index contributed by atoms with van der Waals surface area (Å²) in [5.74, 6) is 4.53. The Hall–Kier alpha value is -5.85. The van der Waals surface area contributed by atoms with Crippen LogP contribution in [0.4, 0.5) is 0 Å². The van der Waals surface area contributed by atoms with Crippen molar-refractivity contribution in [3.05, 3.63) is 87.0 Å². The van der Waals surface area contributed by atoms with Crippen LogP contribution in [-0.2, 0) is 38.3 Å². The van der Waals surface area contributed by atoms with E-state index >= 15 is 0 Å². The van der Waals surface area contributed by atoms with Gasteiger partial charge in [-0.05, 0) is 59.2 Å². The summed E-state index contributed by atoms with van der Waals surface area (Å²) in [6.45, 7) is 2.93. The summed E-state index contributed by atoms with van der Waals surface area (Å²) in [4.78, 5) is 26.3. The van der Waals surface area contributed by atoms with E-state index in [9.17, 15) is 9.59 Å². The van der Waals surface area contributed by atoms with Gasteiger partial charge in [-0.2, -0.15) is 0 Å². The first-order chi connectivity index (χ1) is 34.6. The van der Waals surface area contributed by atoms with Crippen LogP contribution >= 0.6 is 11.6 Å². The molecular formula is C54H71Cl3N2O15. The molecule has 0 radical (unpaired) electrons. The highest BCUT2D eigenvalue weighted by molar-refractivity contribution is 6.42. The van der Waals surface area contributed by atoms with Crippen molar-refractivity contribution in [1.82, 2.24) is 0 Å². The third-order valence-electron chi connectivity index (χ3n) is 14.1. The second-order valence-corrected chi connectivity index (χ2v) is 18.5. The lowest BCUT2D eigenvalue weighted by molar-refractivity contribution is -0.941. The molecular weight excluding hydrogens is 1020 g/mol. The van der Waals surface area contributed by atoms with E-state index < -0.39 is 11.9 Å². The zero-order chi connectivity index (χ0) is 52.3. The zero-order valence-electron chi connectivity index (χ0n) is 44.7. The van der Waals surface area contributed by atoms with Gasteiger partial charge in [0, 0.05) is 49.3 Å². The molecule has 0 fully saturated rings. The topological polar surface area (TPSA) is 154 Å². The van der Waals surface area contributed by atoms with Crippen molar-refractivity contribution >= 4 is 23.5 Å². The maximum absolute atomic E-state index is 13.2. The summed E-state index contributed by atoms with van der Waals surface area (Å²) in [6.07, 6.45) is 4.03. The Kier molecular flexibility index (Phi) is 22.2. The van der Waals surface area contributed by atoms with Gasteiger partial charge in [0.2, 0.25) is 17.2 Å². The lowest BCUT2D eigenvalue weighted by Gasteiger charge is -2.46. The number of nitrogens with zero attached hydrogens (tertiary/aromatic N) is 2. The predicted octanol–water partition coefficient (Wildman–Crippen LogP) is 1.86. The Morgan fingerprint density at radius 1 is 0.541 bits per heavy atom. The first-order valence-corrected chi connectivity index (χ1v) is 24.1. The Labute approximate surface area is 452 Å². The molecule has 0 bridgehead atoms. The van der Waals surface area contributed by atoms with E-state index in [1.54, 1.807) is 78.2 Å². The Morgan fingerprint density at radius 3 is 1.51 bits per heavy atom. The van der Waals surface area contributed by atoms with E-state index in [0.717, 1.165) is 65.4 Å². The van der Waals surface area contributed by atoms with Gasteiger partial charge in [-0.25, -0.2) is 9.59 Å². The zero-order valence-corrected chi connectivity index (χ0v) is 47.0. The second kappa shape index (κ2) is 27.1. The molecule has 20 heteroatoms. The molecule has 4 aromatic rings. The van der Waals surface area contributed by atoms with E-state index in [1.807, 2.05) is 42.5 Å². The monoisotopic (exact) mass is 1090 g/mol. The van der Waals surface area contributed by atoms with Crippen molar-refractivity contribution in [3.8, 4) is 63.2 Å². The normalized spacial score (nSPS) is 18.6. The minimum absolute atomic E-state index is 0. The molecule has 0 spiro atoms. The van der Waals surface area contributed by atoms with Gasteiger partial charge in [-0.3, -0.25) is 0 Å². The number of carbonyl (C=O) groups excluding carboxylic acids is 2. The van der Waals surface area contributed by atoms with Crippen molar-refractivity contribution in [1.29, 1.82) is 0 Å². The van der Waals surface area contributed by atoms with Gasteiger partial charge < -0.3 is 95.4 Å². The molecule has 4 atom stereocenters. The van der Waals surface area contributed by atoms with Crippen LogP contribution in [0.5, 0.6) is 63.2 Å². The first-order valence-electron chi connectivity index (χ1n) is 23.7. The summed E-state index contributed by atoms with van der Waals surface area (Å²) >= 11 is 6.38. The fraction of sp³-hybridized carbons (Fsp3) is 0.481. The lowest BCUT2D eigenvalue weighted by Crippen LogP contribution is -3.00. The fourth-order valence-electron chi connectivity index (χ4n) is 10.5. The van der Waals surface area contributed by atoms with Crippen LogP contribution < -0.4 is 76.9 Å². The number of likely N-dealkylation sites (N-methyl/N-ethyl adjacent to an activating group) is 2. The number of fused-ring (bicyclic) bond motifs is 2. The molecule has 0 saturated carbocycles. The van der Waals surface area contributed by atoms with E-state index in [2.05, 4.69) is 14.1 Å². The smallest absolute Gasteiger partial charge is 0.350 e. The summed E-state index contributed by atoms with van der Waals surface area (Å²) in [6, 6.07) is 13.6. The predicted molar refractivity (Wildman–Crippen MR) is 270 cm³/mol. The van der Waals surface area contributed by atoms with Crippen LogP contribution in [0.15, 0.2) is 53.6 Å². The average molecular weight is 1090 g/mol. The van der Waals surface area contributed by atoms with Crippen LogP contribution in [0, 0.1) is 0 Å². The third kappa shape index (κ3) is 12.8. The number of hydrogen-bond donors (Lipinski definition) is 0. The van der Waals surface area contributed by atoms with Crippen LogP contribution in [0.25, 0.3) is 0 Å². The number of halogens is 3. The highest BCUT2D eigenvalue weighted by Crippen LogP contribution is 2.52. The molecule has 74 heavy (non-hydrogen) atoms. The number of hydrogen-bond acceptors (Lipinski definition) is 15. The van der Waals surface area contributed by atoms with Crippen LogP contribution in [-0.4, -0.2) is 153 Å². The van der Waals surface area contributed by atoms with Crippen molar-refractivity contribution in [2.24, 2.45) is 0 Å². The SMILES string of the molecule is COc1cc2c(cc1OC)[C@@H](c1cc(OC)c(OC)c(OC)c1)[N@+](C)(CCCOC(=O)/C=C(\Cl)C(=O)OCCC[N@+]1(C)CCc3cc(OC)c(OC)c(OC)c3[C@H]1Cc1cc(OC)c(OC)c(OC)c1)CC2.[Cl-].[Cl-]. The van der Waals surface area contributed by atoms with Gasteiger partial charge in [-0.1, -0.05) is 11.6 Å². The Balaban J connectivity index is 0.00000593. The molecule has 4 aromatic carbocycles. The quantitative estimate of drug-likeness (QED) is 0.0434. The van der Waals surface area contributed by atoms with Gasteiger partial charge in [0.25, 0.3) is 0 Å². The maximum Gasteiger partial charge on any atom is 0.350 e. The minimum atomic E-state index is -0.821. The average Bonchev–Trinajstić information content (AvgIpc) is 3.39. The van der Waals surface area contributed by atoms with Crippen molar-refractivity contribution < 1.29 is 105 Å². The highest BCUT2D eigenvalue weighted by atomic mass is 35.5. The number of esters is 2. The second-order valence-electron chi connectivity index (χ2n) is 18.1. The summed E-state index contributed by atoms with van der Waals surface area (Å²) < 4.78 is 75.7. The summed E-state index contributed by atoms with van der Waals surface area (Å²) in [7, 11) is 21.9. The first kappa shape index (κ1) is 60.7. The Morgan fingerprint density at radius 2 is 0.986 bits per heavy atom. The van der Waals surface area contributed by atoms with Gasteiger partial charge in [-0.15, -0.1) is 0 Å². The molecule has 2 aliphatic heterocycles. The number of carbonyl (C=O) groups is 2. The third-order valence-corrected chi connectivity index (χ3v) is 14.4. The van der Waals surface area contributed by atoms with E-state index in [0.29, 0.717) is 105 Å². The van der Waals surface area contributed by atoms with E-state index in [-0.39, 0.29) is 55.1 Å². The number of quaternary nitrogens is 2. The number of rotatable bonds is 24. The fourth-order valence-corrected chi connectivity index (χ4v) is 10.6. The molecule has 408 valence electrons. The summed E-state index contributed by atoms with van der Waals surface area (Å²) in [5.41, 5.74) is 6.18. The molecule has 0 N–H and O–H groups in total. The van der Waals surface area contributed by atoms with Crippen LogP contribution in [0.3, 0.4) is 0 Å². The molecule has 0 aliphatic carbocycles. The molecule has 6 rings (SSSR count). The number of ether oxygens (including phenoxy) is 13. The van der Waals surface area contributed by atoms with Crippen molar-refractivity contribution in [2.45, 2.75) is 44.2 Å². The van der Waals surface area contributed by atoms with Crippen molar-refractivity contribution in [3.63, 3.8) is 0 Å². The Bertz CT molecular complexity index is 2560. The lowest BCUT2D eigenvalue weighted by atomic mass is 9.85. The van der Waals surface area contributed by atoms with Gasteiger partial charge in [0.05, 0.1) is 137 Å². The summed E-state index contributed by atoms with van der Waals surface area (Å²) in [5, 5.41) is -0.378. The highest BCUT2D eigenvalue weighted by Gasteiger charge is 2.44. The number of methoxy groups -OCH3 is 11. The number of benzene rings is 4. The van der Waals surface area contributed by atoms with Crippen LogP contribution in [0.1, 0.15) is 58.3 Å². The largest absolute Gasteiger partial charge is 1.00 e. The molecule has 17 nitrogen and oxygen atoms in total. The van der Waals surface area contributed by atoms with E-state index in [1.165, 1.54) is 0 Å². The van der Waals surface area contributed by atoms with Crippen molar-refractivity contribution in [2.75, 3.05) is 132 Å². The molecule has 2 aliphatic rings. The van der Waals surface area contributed by atoms with Gasteiger partial charge in [0.15, 0.2) is 46.0 Å². The molecule has 0 amide bonds. The van der Waals surface area contributed by atoms with E-state index in [4.69, 9.17) is 73.2 Å². The van der Waals surface area contributed by atoms with Crippen LogP contribution in [0.2, 0.25) is 0 Å². The molecule has 0 aromatic heterocycles.